The van der Waals surface area contributed by atoms with Crippen molar-refractivity contribution >= 4 is 71.2 Å². The van der Waals surface area contributed by atoms with Crippen molar-refractivity contribution in [2.75, 3.05) is 4.90 Å². The minimum absolute atomic E-state index is 0.0859. The van der Waals surface area contributed by atoms with Gasteiger partial charge in [-0.05, 0) is 0 Å². The molecule has 0 fully saturated rings. The second-order valence-electron chi connectivity index (χ2n) is 13.2. The number of nitrogens with zero attached hydrogens (tertiary/aromatic N) is 1. The second-order valence-corrected chi connectivity index (χ2v) is 15.4. The molecule has 1 aromatic heterocycles. The van der Waals surface area contributed by atoms with Crippen LogP contribution in [0, 0.1) is 0 Å². The summed E-state index contributed by atoms with van der Waals surface area (Å²) in [5.74, 6) is -0.323. The Balaban J connectivity index is 1.31. The Morgan fingerprint density at radius 2 is 1.28 bits per heavy atom. The van der Waals surface area contributed by atoms with Crippen LogP contribution in [0.5, 0.6) is 0 Å². The predicted molar refractivity (Wildman–Crippen MR) is 176 cm³/mol. The Morgan fingerprint density at radius 1 is 0.674 bits per heavy atom. The fourth-order valence-electron chi connectivity index (χ4n) is 8.17. The van der Waals surface area contributed by atoms with Crippen LogP contribution in [-0.2, 0) is 10.8 Å². The molecule has 43 heavy (non-hydrogen) atoms. The van der Waals surface area contributed by atoms with Crippen LogP contribution in [0.1, 0.15) is 75.1 Å². The standard InChI is InChI=1S/C38H28BNO2Se/c1-37(2)25-13-7-8-14-29(25)39-30-15-9-10-16-31(30)40-33-27(18-17-26(37)32(33)39)38(3,4)28-20-21(43-36(28)40)19-24-34(41)22-11-5-6-12-23(22)35(24)42/h5-20H,1-4H3. The van der Waals surface area contributed by atoms with Gasteiger partial charge in [-0.25, -0.2) is 0 Å². The third-order valence-corrected chi connectivity index (χ3v) is 12.5. The molecular formula is C38H28BNO2Se. The van der Waals surface area contributed by atoms with Crippen LogP contribution in [0.25, 0.3) is 6.08 Å². The predicted octanol–water partition coefficient (Wildman–Crippen LogP) is 5.78. The molecule has 4 aliphatic rings. The zero-order valence-electron chi connectivity index (χ0n) is 24.5. The number of para-hydroxylation sites is 1. The summed E-state index contributed by atoms with van der Waals surface area (Å²) in [6.45, 7) is 9.57. The maximum absolute atomic E-state index is 13.3. The van der Waals surface area contributed by atoms with Crippen LogP contribution in [0.2, 0.25) is 0 Å². The Bertz CT molecular complexity index is 2110. The molecule has 9 rings (SSSR count). The van der Waals surface area contributed by atoms with E-state index in [1.54, 1.807) is 12.1 Å². The third kappa shape index (κ3) is 3.07. The Labute approximate surface area is 257 Å². The van der Waals surface area contributed by atoms with E-state index in [2.05, 4.69) is 99.3 Å². The summed E-state index contributed by atoms with van der Waals surface area (Å²) in [7, 11) is 0. The van der Waals surface area contributed by atoms with Gasteiger partial charge in [-0.3, -0.25) is 0 Å². The molecule has 0 amide bonds. The van der Waals surface area contributed by atoms with E-state index in [4.69, 9.17) is 0 Å². The van der Waals surface area contributed by atoms with Crippen molar-refractivity contribution in [1.29, 1.82) is 0 Å². The summed E-state index contributed by atoms with van der Waals surface area (Å²) in [4.78, 5) is 29.1. The van der Waals surface area contributed by atoms with Crippen LogP contribution in [0.3, 0.4) is 0 Å². The van der Waals surface area contributed by atoms with Crippen molar-refractivity contribution in [2.45, 2.75) is 38.5 Å². The molecule has 1 aliphatic carbocycles. The first-order chi connectivity index (χ1) is 20.7. The quantitative estimate of drug-likeness (QED) is 0.133. The number of hydrogen-bond acceptors (Lipinski definition) is 3. The molecule has 0 unspecified atom stereocenters. The summed E-state index contributed by atoms with van der Waals surface area (Å²) in [5, 5.41) is 0. The maximum atomic E-state index is 13.3. The molecule has 0 atom stereocenters. The van der Waals surface area contributed by atoms with Gasteiger partial charge in [0.15, 0.2) is 0 Å². The van der Waals surface area contributed by atoms with Gasteiger partial charge in [-0.1, -0.05) is 0 Å². The number of Topliss-reactive ketones (excluding diaryl/α,β-unsaturated/α-hetero) is 2. The van der Waals surface area contributed by atoms with E-state index in [0.717, 1.165) is 4.44 Å². The van der Waals surface area contributed by atoms with Gasteiger partial charge in [0.25, 0.3) is 0 Å². The molecular weight excluding hydrogens is 592 g/mol. The van der Waals surface area contributed by atoms with E-state index >= 15 is 0 Å². The van der Waals surface area contributed by atoms with Crippen LogP contribution in [-0.4, -0.2) is 32.8 Å². The first kappa shape index (κ1) is 25.3. The van der Waals surface area contributed by atoms with Gasteiger partial charge in [0, 0.05) is 0 Å². The number of allylic oxidation sites excluding steroid dienone is 1. The zero-order chi connectivity index (χ0) is 29.4. The Kier molecular flexibility index (Phi) is 4.86. The molecule has 4 aromatic carbocycles. The number of anilines is 3. The molecule has 0 saturated heterocycles. The molecule has 3 nitrogen and oxygen atoms in total. The van der Waals surface area contributed by atoms with Gasteiger partial charge in [0.1, 0.15) is 0 Å². The third-order valence-electron chi connectivity index (χ3n) is 10.3. The molecule has 0 saturated carbocycles. The molecule has 3 aliphatic heterocycles. The Morgan fingerprint density at radius 3 is 2.02 bits per heavy atom. The topological polar surface area (TPSA) is 37.4 Å². The number of carbonyl (C=O) groups excluding carboxylic acids is 2. The summed E-state index contributed by atoms with van der Waals surface area (Å²) in [6, 6.07) is 32.1. The van der Waals surface area contributed by atoms with Gasteiger partial charge in [0.2, 0.25) is 0 Å². The average molecular weight is 620 g/mol. The van der Waals surface area contributed by atoms with Gasteiger partial charge >= 0.3 is 259 Å². The van der Waals surface area contributed by atoms with Crippen molar-refractivity contribution < 1.29 is 9.59 Å². The molecule has 4 heterocycles. The fourth-order valence-corrected chi connectivity index (χ4v) is 10.9. The van der Waals surface area contributed by atoms with Crippen molar-refractivity contribution in [2.24, 2.45) is 0 Å². The molecule has 5 heteroatoms. The van der Waals surface area contributed by atoms with E-state index < -0.39 is 0 Å². The van der Waals surface area contributed by atoms with Crippen LogP contribution < -0.4 is 21.3 Å². The zero-order valence-corrected chi connectivity index (χ0v) is 26.2. The minimum atomic E-state index is -0.233. The number of fused-ring (bicyclic) bond motifs is 8. The van der Waals surface area contributed by atoms with Gasteiger partial charge in [-0.15, -0.1) is 0 Å². The Hall–Kier alpha value is -4.18. The van der Waals surface area contributed by atoms with Crippen molar-refractivity contribution in [3.63, 3.8) is 0 Å². The monoisotopic (exact) mass is 621 g/mol. The molecule has 0 spiro atoms. The van der Waals surface area contributed by atoms with Gasteiger partial charge in [-0.2, -0.15) is 0 Å². The SMILES string of the molecule is CC1(C)c2ccccc2B2c3ccccc3N3c4[se]c(C=C5C(=O)c6ccccc6C5=O)cc4C(C)(C)c4ccc1c2c43. The molecule has 0 radical (unpaired) electrons. The van der Waals surface area contributed by atoms with E-state index in [0.29, 0.717) is 16.7 Å². The summed E-state index contributed by atoms with van der Waals surface area (Å²) >= 11 is -0.0859. The molecule has 206 valence electrons. The van der Waals surface area contributed by atoms with E-state index in [1.165, 1.54) is 54.6 Å². The summed E-state index contributed by atoms with van der Waals surface area (Å²) in [6.07, 6.45) is 1.89. The number of carbonyl (C=O) groups is 2. The molecule has 0 bridgehead atoms. The van der Waals surface area contributed by atoms with Crippen LogP contribution >= 0.6 is 0 Å². The number of rotatable bonds is 1. The van der Waals surface area contributed by atoms with Crippen LogP contribution in [0.4, 0.5) is 15.9 Å². The number of hydrogen-bond donors (Lipinski definition) is 0. The van der Waals surface area contributed by atoms with E-state index in [-0.39, 0.29) is 43.6 Å². The van der Waals surface area contributed by atoms with E-state index in [9.17, 15) is 9.59 Å². The first-order valence-electron chi connectivity index (χ1n) is 14.9. The van der Waals surface area contributed by atoms with Crippen molar-refractivity contribution in [1.82, 2.24) is 0 Å². The van der Waals surface area contributed by atoms with Gasteiger partial charge in [0.05, 0.1) is 0 Å². The summed E-state index contributed by atoms with van der Waals surface area (Å²) in [5.41, 5.74) is 13.1. The number of ketones is 2. The normalized spacial score (nSPS) is 17.6. The summed E-state index contributed by atoms with van der Waals surface area (Å²) < 4.78 is 2.38. The fraction of sp³-hybridized carbons (Fsp3) is 0.158. The molecule has 0 N–H and O–H groups in total. The van der Waals surface area contributed by atoms with Gasteiger partial charge < -0.3 is 0 Å². The molecule has 5 aromatic rings. The number of benzene rings is 4. The van der Waals surface area contributed by atoms with E-state index in [1.807, 2.05) is 18.2 Å². The second kappa shape index (κ2) is 8.26. The van der Waals surface area contributed by atoms with Crippen LogP contribution in [0.15, 0.2) is 96.6 Å². The van der Waals surface area contributed by atoms with Crippen molar-refractivity contribution in [3.05, 3.63) is 134 Å². The first-order valence-corrected chi connectivity index (χ1v) is 16.6. The average Bonchev–Trinajstić information content (AvgIpc) is 3.54. The van der Waals surface area contributed by atoms with Crippen molar-refractivity contribution in [3.8, 4) is 0 Å².